The zero-order chi connectivity index (χ0) is 17.4. The Balaban J connectivity index is 1.57. The molecule has 2 saturated carbocycles. The summed E-state index contributed by atoms with van der Waals surface area (Å²) >= 11 is 0. The second-order valence-electron chi connectivity index (χ2n) is 7.76. The number of hydrogen-bond acceptors (Lipinski definition) is 4. The quantitative estimate of drug-likeness (QED) is 0.677. The molecule has 132 valence electrons. The van der Waals surface area contributed by atoms with E-state index in [-0.39, 0.29) is 23.9 Å². The number of carbonyl (C=O) groups is 1. The smallest absolute Gasteiger partial charge is 0.235 e. The summed E-state index contributed by atoms with van der Waals surface area (Å²) in [6.45, 7) is 0.938. The van der Waals surface area contributed by atoms with Crippen molar-refractivity contribution in [2.24, 2.45) is 16.6 Å². The van der Waals surface area contributed by atoms with Crippen molar-refractivity contribution in [2.75, 3.05) is 6.54 Å². The lowest BCUT2D eigenvalue weighted by Crippen LogP contribution is -2.39. The van der Waals surface area contributed by atoms with Gasteiger partial charge in [-0.1, -0.05) is 18.2 Å². The largest absolute Gasteiger partial charge is 0.329 e. The fourth-order valence-corrected chi connectivity index (χ4v) is 4.37. The fourth-order valence-electron chi connectivity index (χ4n) is 4.37. The summed E-state index contributed by atoms with van der Waals surface area (Å²) in [7, 11) is 0. The number of nitrogens with zero attached hydrogens (tertiary/aromatic N) is 2. The lowest BCUT2D eigenvalue weighted by molar-refractivity contribution is -0.139. The van der Waals surface area contributed by atoms with Gasteiger partial charge in [0.05, 0.1) is 12.6 Å². The van der Waals surface area contributed by atoms with E-state index in [0.29, 0.717) is 19.0 Å². The molecule has 4 rings (SSSR count). The molecule has 1 aromatic carbocycles. The Morgan fingerprint density at radius 3 is 2.64 bits per heavy atom. The highest BCUT2D eigenvalue weighted by Crippen LogP contribution is 2.43. The number of benzene rings is 1. The molecule has 0 bridgehead atoms. The molecule has 1 amide bonds. The van der Waals surface area contributed by atoms with Gasteiger partial charge in [-0.05, 0) is 61.1 Å². The Morgan fingerprint density at radius 2 is 1.96 bits per heavy atom. The number of aliphatic imine (C=N–C) groups is 1. The Labute approximate surface area is 148 Å². The molecule has 5 heteroatoms. The monoisotopic (exact) mass is 339 g/mol. The van der Waals surface area contributed by atoms with Crippen LogP contribution in [0.25, 0.3) is 0 Å². The summed E-state index contributed by atoms with van der Waals surface area (Å²) in [6.07, 6.45) is 7.73. The second kappa shape index (κ2) is 6.74. The van der Waals surface area contributed by atoms with Crippen LogP contribution in [-0.2, 0) is 16.1 Å². The number of amides is 1. The first kappa shape index (κ1) is 16.5. The summed E-state index contributed by atoms with van der Waals surface area (Å²) < 4.78 is 0. The maximum atomic E-state index is 13.1. The molecule has 1 aromatic rings. The van der Waals surface area contributed by atoms with E-state index in [9.17, 15) is 9.59 Å². The van der Waals surface area contributed by atoms with Gasteiger partial charge in [-0.25, -0.2) is 9.79 Å². The van der Waals surface area contributed by atoms with Crippen molar-refractivity contribution in [1.29, 1.82) is 0 Å². The molecule has 0 aromatic heterocycles. The van der Waals surface area contributed by atoms with Gasteiger partial charge in [-0.15, -0.1) is 0 Å². The highest BCUT2D eigenvalue weighted by atomic mass is 16.2. The summed E-state index contributed by atoms with van der Waals surface area (Å²) in [5.74, 6) is 0.947. The lowest BCUT2D eigenvalue weighted by atomic mass is 9.85. The van der Waals surface area contributed by atoms with Crippen molar-refractivity contribution in [3.05, 3.63) is 34.9 Å². The van der Waals surface area contributed by atoms with Gasteiger partial charge < -0.3 is 10.6 Å². The van der Waals surface area contributed by atoms with E-state index in [1.165, 1.54) is 24.0 Å². The van der Waals surface area contributed by atoms with Crippen LogP contribution in [0.15, 0.2) is 23.2 Å². The van der Waals surface area contributed by atoms with E-state index in [4.69, 9.17) is 5.73 Å². The van der Waals surface area contributed by atoms with Gasteiger partial charge >= 0.3 is 0 Å². The van der Waals surface area contributed by atoms with Crippen molar-refractivity contribution < 1.29 is 9.59 Å². The van der Waals surface area contributed by atoms with Crippen molar-refractivity contribution in [1.82, 2.24) is 4.90 Å². The number of carbonyl (C=O) groups excluding carboxylic acids is 2. The van der Waals surface area contributed by atoms with E-state index in [2.05, 4.69) is 23.2 Å². The lowest BCUT2D eigenvalue weighted by Gasteiger charge is -2.31. The molecule has 1 heterocycles. The highest BCUT2D eigenvalue weighted by Gasteiger charge is 2.38. The number of hydrogen-bond donors (Lipinski definition) is 1. The molecule has 3 aliphatic rings. The average Bonchev–Trinajstić information content (AvgIpc) is 3.41. The number of isocyanates is 1. The summed E-state index contributed by atoms with van der Waals surface area (Å²) in [5.41, 5.74) is 9.73. The minimum Gasteiger partial charge on any atom is -0.329 e. The molecule has 0 spiro atoms. The predicted octanol–water partition coefficient (Wildman–Crippen LogP) is 2.80. The van der Waals surface area contributed by atoms with Crippen LogP contribution in [0.2, 0.25) is 0 Å². The summed E-state index contributed by atoms with van der Waals surface area (Å²) in [4.78, 5) is 29.5. The Kier molecular flexibility index (Phi) is 4.45. The van der Waals surface area contributed by atoms with Crippen LogP contribution in [0.3, 0.4) is 0 Å². The predicted molar refractivity (Wildman–Crippen MR) is 94.6 cm³/mol. The first-order valence-electron chi connectivity index (χ1n) is 9.39. The van der Waals surface area contributed by atoms with E-state index >= 15 is 0 Å². The molecular weight excluding hydrogens is 314 g/mol. The minimum atomic E-state index is -0.132. The maximum absolute atomic E-state index is 13.1. The number of fused-ring (bicyclic) bond motifs is 1. The van der Waals surface area contributed by atoms with Crippen LogP contribution in [-0.4, -0.2) is 29.5 Å². The third kappa shape index (κ3) is 3.26. The van der Waals surface area contributed by atoms with Crippen molar-refractivity contribution in [2.45, 2.75) is 63.1 Å². The summed E-state index contributed by atoms with van der Waals surface area (Å²) in [5, 5.41) is 0. The van der Waals surface area contributed by atoms with Gasteiger partial charge in [-0.3, -0.25) is 4.79 Å². The molecule has 1 aliphatic heterocycles. The second-order valence-corrected chi connectivity index (χ2v) is 7.76. The molecule has 5 nitrogen and oxygen atoms in total. The highest BCUT2D eigenvalue weighted by molar-refractivity contribution is 5.80. The van der Waals surface area contributed by atoms with E-state index < -0.39 is 0 Å². The van der Waals surface area contributed by atoms with Gasteiger partial charge in [-0.2, -0.15) is 0 Å². The molecule has 25 heavy (non-hydrogen) atoms. The Hall–Kier alpha value is -1.97. The maximum Gasteiger partial charge on any atom is 0.235 e. The first-order valence-corrected chi connectivity index (χ1v) is 9.39. The van der Waals surface area contributed by atoms with Crippen molar-refractivity contribution >= 4 is 12.0 Å². The average molecular weight is 339 g/mol. The van der Waals surface area contributed by atoms with Crippen LogP contribution >= 0.6 is 0 Å². The summed E-state index contributed by atoms with van der Waals surface area (Å²) in [6, 6.07) is 6.68. The molecular formula is C20H25N3O2. The zero-order valence-corrected chi connectivity index (χ0v) is 14.5. The normalized spacial score (nSPS) is 28.4. The Bertz CT molecular complexity index is 714. The SMILES string of the molecule is NC1CCC(C(=O)N2Cc3cc(C4CC4)ccc3C2CN=C=O)CC1. The molecule has 2 fully saturated rings. The first-order chi connectivity index (χ1) is 12.2. The van der Waals surface area contributed by atoms with Crippen LogP contribution in [0, 0.1) is 5.92 Å². The van der Waals surface area contributed by atoms with Crippen molar-refractivity contribution in [3.63, 3.8) is 0 Å². The minimum absolute atomic E-state index is 0.0553. The van der Waals surface area contributed by atoms with Gasteiger partial charge in [0, 0.05) is 18.5 Å². The standard InChI is InChI=1S/C20H25N3O2/c21-17-6-3-14(4-7-17)20(25)23-11-16-9-15(13-1-2-13)5-8-18(16)19(23)10-22-12-24/h5,8-9,13-14,17,19H,1-4,6-7,10-11,21H2. The van der Waals surface area contributed by atoms with Crippen molar-refractivity contribution in [3.8, 4) is 0 Å². The van der Waals surface area contributed by atoms with Gasteiger partial charge in [0.1, 0.15) is 0 Å². The van der Waals surface area contributed by atoms with Gasteiger partial charge in [0.15, 0.2) is 0 Å². The van der Waals surface area contributed by atoms with E-state index in [1.807, 2.05) is 4.90 Å². The molecule has 2 N–H and O–H groups in total. The zero-order valence-electron chi connectivity index (χ0n) is 14.5. The molecule has 1 atom stereocenters. The third-order valence-corrected chi connectivity index (χ3v) is 6.02. The number of rotatable bonds is 4. The third-order valence-electron chi connectivity index (χ3n) is 6.02. The molecule has 2 aliphatic carbocycles. The van der Waals surface area contributed by atoms with Crippen LogP contribution in [0.1, 0.15) is 67.2 Å². The van der Waals surface area contributed by atoms with E-state index in [0.717, 1.165) is 31.2 Å². The van der Waals surface area contributed by atoms with E-state index in [1.54, 1.807) is 6.08 Å². The molecule has 0 saturated heterocycles. The molecule has 0 radical (unpaired) electrons. The van der Waals surface area contributed by atoms with Crippen LogP contribution < -0.4 is 5.73 Å². The fraction of sp³-hybridized carbons (Fsp3) is 0.600. The van der Waals surface area contributed by atoms with Gasteiger partial charge in [0.2, 0.25) is 12.0 Å². The van der Waals surface area contributed by atoms with Gasteiger partial charge in [0.25, 0.3) is 0 Å². The number of nitrogens with two attached hydrogens (primary N) is 1. The topological polar surface area (TPSA) is 75.8 Å². The Morgan fingerprint density at radius 1 is 1.20 bits per heavy atom. The van der Waals surface area contributed by atoms with Crippen LogP contribution in [0.4, 0.5) is 0 Å². The molecule has 1 unspecified atom stereocenters. The van der Waals surface area contributed by atoms with Crippen LogP contribution in [0.5, 0.6) is 0 Å².